The fourth-order valence-corrected chi connectivity index (χ4v) is 1.71. The standard InChI is InChI=1S/C13H13NO5/c1-8(15)14-10-4-2-3-9(7-10)12(16)19-11-5-6-18-13(11)17/h2-4,7,11H,5-6H2,1H3,(H,14,15)/t11-/m0/s1. The maximum absolute atomic E-state index is 11.8. The lowest BCUT2D eigenvalue weighted by molar-refractivity contribution is -0.145. The normalized spacial score (nSPS) is 17.7. The molecule has 0 spiro atoms. The van der Waals surface area contributed by atoms with E-state index in [-0.39, 0.29) is 18.1 Å². The maximum atomic E-state index is 11.8. The van der Waals surface area contributed by atoms with Gasteiger partial charge in [-0.05, 0) is 18.2 Å². The van der Waals surface area contributed by atoms with Crippen molar-refractivity contribution in [3.63, 3.8) is 0 Å². The van der Waals surface area contributed by atoms with Gasteiger partial charge in [-0.25, -0.2) is 9.59 Å². The number of anilines is 1. The topological polar surface area (TPSA) is 81.7 Å². The average molecular weight is 263 g/mol. The van der Waals surface area contributed by atoms with Crippen LogP contribution in [0.2, 0.25) is 0 Å². The molecule has 2 rings (SSSR count). The molecule has 1 fully saturated rings. The molecule has 6 heteroatoms. The molecule has 19 heavy (non-hydrogen) atoms. The highest BCUT2D eigenvalue weighted by Gasteiger charge is 2.30. The van der Waals surface area contributed by atoms with Crippen molar-refractivity contribution in [3.8, 4) is 0 Å². The van der Waals surface area contributed by atoms with Crippen molar-refractivity contribution in [2.75, 3.05) is 11.9 Å². The molecule has 1 aliphatic heterocycles. The van der Waals surface area contributed by atoms with E-state index < -0.39 is 18.0 Å². The van der Waals surface area contributed by atoms with Gasteiger partial charge in [0, 0.05) is 19.0 Å². The van der Waals surface area contributed by atoms with Gasteiger partial charge in [-0.1, -0.05) is 6.07 Å². The van der Waals surface area contributed by atoms with Gasteiger partial charge in [0.25, 0.3) is 0 Å². The second-order valence-electron chi connectivity index (χ2n) is 4.11. The third kappa shape index (κ3) is 3.31. The van der Waals surface area contributed by atoms with Crippen LogP contribution < -0.4 is 5.32 Å². The predicted molar refractivity (Wildman–Crippen MR) is 65.5 cm³/mol. The van der Waals surface area contributed by atoms with Gasteiger partial charge in [0.15, 0.2) is 0 Å². The molecule has 1 N–H and O–H groups in total. The lowest BCUT2D eigenvalue weighted by Crippen LogP contribution is -2.22. The summed E-state index contributed by atoms with van der Waals surface area (Å²) in [6, 6.07) is 6.31. The Balaban J connectivity index is 2.06. The third-order valence-corrected chi connectivity index (χ3v) is 2.56. The number of ether oxygens (including phenoxy) is 2. The molecular formula is C13H13NO5. The van der Waals surface area contributed by atoms with Crippen LogP contribution in [0.4, 0.5) is 5.69 Å². The highest BCUT2D eigenvalue weighted by molar-refractivity contribution is 5.94. The summed E-state index contributed by atoms with van der Waals surface area (Å²) in [5.41, 5.74) is 0.766. The van der Waals surface area contributed by atoms with E-state index in [2.05, 4.69) is 5.32 Å². The van der Waals surface area contributed by atoms with E-state index in [4.69, 9.17) is 9.47 Å². The number of carbonyl (C=O) groups excluding carboxylic acids is 3. The van der Waals surface area contributed by atoms with Crippen LogP contribution in [0.25, 0.3) is 0 Å². The minimum Gasteiger partial charge on any atom is -0.463 e. The van der Waals surface area contributed by atoms with Gasteiger partial charge in [0.05, 0.1) is 12.2 Å². The minimum atomic E-state index is -0.836. The van der Waals surface area contributed by atoms with Crippen LogP contribution in [0.15, 0.2) is 24.3 Å². The molecule has 1 aromatic rings. The van der Waals surface area contributed by atoms with Crippen LogP contribution >= 0.6 is 0 Å². The van der Waals surface area contributed by atoms with Crippen molar-refractivity contribution >= 4 is 23.5 Å². The lowest BCUT2D eigenvalue weighted by Gasteiger charge is -2.09. The first-order chi connectivity index (χ1) is 9.06. The molecular weight excluding hydrogens is 250 g/mol. The maximum Gasteiger partial charge on any atom is 0.347 e. The third-order valence-electron chi connectivity index (χ3n) is 2.56. The molecule has 0 unspecified atom stereocenters. The van der Waals surface area contributed by atoms with Gasteiger partial charge in [0.2, 0.25) is 12.0 Å². The Morgan fingerprint density at radius 3 is 2.84 bits per heavy atom. The van der Waals surface area contributed by atoms with Crippen molar-refractivity contribution in [2.24, 2.45) is 0 Å². The SMILES string of the molecule is CC(=O)Nc1cccc(C(=O)O[C@H]2CCOC2=O)c1. The fraction of sp³-hybridized carbons (Fsp3) is 0.308. The molecule has 0 saturated carbocycles. The molecule has 0 radical (unpaired) electrons. The Morgan fingerprint density at radius 1 is 1.42 bits per heavy atom. The molecule has 1 atom stereocenters. The van der Waals surface area contributed by atoms with E-state index in [0.29, 0.717) is 12.1 Å². The zero-order valence-corrected chi connectivity index (χ0v) is 10.3. The Kier molecular flexibility index (Phi) is 3.79. The molecule has 0 bridgehead atoms. The highest BCUT2D eigenvalue weighted by Crippen LogP contribution is 2.16. The molecule has 100 valence electrons. The number of hydrogen-bond donors (Lipinski definition) is 1. The van der Waals surface area contributed by atoms with Crippen molar-refractivity contribution in [2.45, 2.75) is 19.4 Å². The zero-order valence-electron chi connectivity index (χ0n) is 10.3. The van der Waals surface area contributed by atoms with Crippen LogP contribution in [0.3, 0.4) is 0 Å². The van der Waals surface area contributed by atoms with Crippen LogP contribution in [0.1, 0.15) is 23.7 Å². The molecule has 0 aromatic heterocycles. The Morgan fingerprint density at radius 2 is 2.21 bits per heavy atom. The van der Waals surface area contributed by atoms with Crippen LogP contribution in [0.5, 0.6) is 0 Å². The summed E-state index contributed by atoms with van der Waals surface area (Å²) in [6.07, 6.45) is -0.465. The van der Waals surface area contributed by atoms with Gasteiger partial charge in [0.1, 0.15) is 0 Å². The predicted octanol–water partition coefficient (Wildman–Crippen LogP) is 1.12. The Bertz CT molecular complexity index is 526. The molecule has 1 amide bonds. The molecule has 1 aromatic carbocycles. The number of benzene rings is 1. The number of nitrogens with one attached hydrogen (secondary N) is 1. The number of carbonyl (C=O) groups is 3. The van der Waals surface area contributed by atoms with E-state index in [9.17, 15) is 14.4 Å². The van der Waals surface area contributed by atoms with Gasteiger partial charge in [-0.15, -0.1) is 0 Å². The number of rotatable bonds is 3. The van der Waals surface area contributed by atoms with E-state index >= 15 is 0 Å². The molecule has 6 nitrogen and oxygen atoms in total. The summed E-state index contributed by atoms with van der Waals surface area (Å²) in [5, 5.41) is 2.56. The van der Waals surface area contributed by atoms with Crippen molar-refractivity contribution in [3.05, 3.63) is 29.8 Å². The van der Waals surface area contributed by atoms with Crippen LogP contribution in [-0.4, -0.2) is 30.6 Å². The number of cyclic esters (lactones) is 1. The van der Waals surface area contributed by atoms with Crippen molar-refractivity contribution in [1.82, 2.24) is 0 Å². The number of esters is 2. The van der Waals surface area contributed by atoms with E-state index in [1.165, 1.54) is 13.0 Å². The summed E-state index contributed by atoms with van der Waals surface area (Å²) in [7, 11) is 0. The minimum absolute atomic E-state index is 0.232. The highest BCUT2D eigenvalue weighted by atomic mass is 16.6. The summed E-state index contributed by atoms with van der Waals surface area (Å²) in [5.74, 6) is -1.37. The second kappa shape index (κ2) is 5.51. The van der Waals surface area contributed by atoms with Gasteiger partial charge < -0.3 is 14.8 Å². The lowest BCUT2D eigenvalue weighted by atomic mass is 10.2. The number of hydrogen-bond acceptors (Lipinski definition) is 5. The molecule has 1 aliphatic rings. The smallest absolute Gasteiger partial charge is 0.347 e. The van der Waals surface area contributed by atoms with E-state index in [1.807, 2.05) is 0 Å². The first-order valence-corrected chi connectivity index (χ1v) is 5.81. The Hall–Kier alpha value is -2.37. The van der Waals surface area contributed by atoms with E-state index in [1.54, 1.807) is 18.2 Å². The van der Waals surface area contributed by atoms with Crippen LogP contribution in [-0.2, 0) is 19.1 Å². The van der Waals surface area contributed by atoms with Crippen LogP contribution in [0, 0.1) is 0 Å². The van der Waals surface area contributed by atoms with Crippen molar-refractivity contribution in [1.29, 1.82) is 0 Å². The van der Waals surface area contributed by atoms with Crippen molar-refractivity contribution < 1.29 is 23.9 Å². The first-order valence-electron chi connectivity index (χ1n) is 5.81. The van der Waals surface area contributed by atoms with Gasteiger partial charge in [-0.2, -0.15) is 0 Å². The molecule has 1 saturated heterocycles. The van der Waals surface area contributed by atoms with Gasteiger partial charge >= 0.3 is 11.9 Å². The van der Waals surface area contributed by atoms with E-state index in [0.717, 1.165) is 0 Å². The molecule has 0 aliphatic carbocycles. The Labute approximate surface area is 109 Å². The largest absolute Gasteiger partial charge is 0.463 e. The average Bonchev–Trinajstić information content (AvgIpc) is 2.74. The molecule has 1 heterocycles. The zero-order chi connectivity index (χ0) is 13.8. The quantitative estimate of drug-likeness (QED) is 0.826. The summed E-state index contributed by atoms with van der Waals surface area (Å²) in [6.45, 7) is 1.64. The number of amides is 1. The summed E-state index contributed by atoms with van der Waals surface area (Å²) >= 11 is 0. The van der Waals surface area contributed by atoms with Gasteiger partial charge in [-0.3, -0.25) is 4.79 Å². The monoisotopic (exact) mass is 263 g/mol. The fourth-order valence-electron chi connectivity index (χ4n) is 1.71. The first kappa shape index (κ1) is 13.1. The summed E-state index contributed by atoms with van der Waals surface area (Å²) < 4.78 is 9.75. The summed E-state index contributed by atoms with van der Waals surface area (Å²) in [4.78, 5) is 34.0. The second-order valence-corrected chi connectivity index (χ2v) is 4.11.